The molecule has 0 radical (unpaired) electrons. The topological polar surface area (TPSA) is 60.2 Å². The van der Waals surface area contributed by atoms with Gasteiger partial charge in [-0.3, -0.25) is 14.9 Å². The number of benzene rings is 1. The molecule has 2 aromatic rings. The number of rotatable bonds is 2. The predicted molar refractivity (Wildman–Crippen MR) is 53.9 cm³/mol. The number of aldehydes is 1. The average molecular weight is 207 g/mol. The lowest BCUT2D eigenvalue weighted by Crippen LogP contribution is -1.88. The summed E-state index contributed by atoms with van der Waals surface area (Å²) in [6.07, 6.45) is 0.539. The lowest BCUT2D eigenvalue weighted by atomic mass is 10.2. The summed E-state index contributed by atoms with van der Waals surface area (Å²) >= 11 is 1.03. The summed E-state index contributed by atoms with van der Waals surface area (Å²) in [6, 6.07) is 7.02. The summed E-state index contributed by atoms with van der Waals surface area (Å²) in [5.41, 5.74) is 0.176. The van der Waals surface area contributed by atoms with Crippen molar-refractivity contribution in [3.63, 3.8) is 0 Å². The van der Waals surface area contributed by atoms with Gasteiger partial charge in [0, 0.05) is 10.1 Å². The van der Waals surface area contributed by atoms with Crippen molar-refractivity contribution in [2.75, 3.05) is 0 Å². The lowest BCUT2D eigenvalue weighted by Gasteiger charge is -1.86. The quantitative estimate of drug-likeness (QED) is 0.432. The molecule has 1 aromatic heterocycles. The highest BCUT2D eigenvalue weighted by Crippen LogP contribution is 2.35. The number of carbonyl (C=O) groups is 1. The van der Waals surface area contributed by atoms with Crippen molar-refractivity contribution in [2.45, 2.75) is 0 Å². The fourth-order valence-electron chi connectivity index (χ4n) is 1.30. The molecule has 0 fully saturated rings. The largest absolute Gasteiger partial charge is 0.335 e. The third kappa shape index (κ3) is 1.18. The first-order valence-corrected chi connectivity index (χ1v) is 4.67. The van der Waals surface area contributed by atoms with Crippen LogP contribution in [-0.4, -0.2) is 11.2 Å². The molecule has 0 saturated carbocycles. The highest BCUT2D eigenvalue weighted by atomic mass is 32.1. The van der Waals surface area contributed by atoms with Gasteiger partial charge in [0.25, 0.3) is 0 Å². The second kappa shape index (κ2) is 3.19. The van der Waals surface area contributed by atoms with Gasteiger partial charge in [0.15, 0.2) is 6.29 Å². The SMILES string of the molecule is O=Cc1c([N+](=O)[O-])sc2ccccc12. The van der Waals surface area contributed by atoms with E-state index in [2.05, 4.69) is 0 Å². The molecule has 0 aliphatic rings. The highest BCUT2D eigenvalue weighted by Gasteiger charge is 2.19. The number of hydrogen-bond donors (Lipinski definition) is 0. The first-order valence-electron chi connectivity index (χ1n) is 3.85. The van der Waals surface area contributed by atoms with Crippen molar-refractivity contribution in [2.24, 2.45) is 0 Å². The fourth-order valence-corrected chi connectivity index (χ4v) is 2.29. The van der Waals surface area contributed by atoms with Crippen LogP contribution in [0.25, 0.3) is 10.1 Å². The van der Waals surface area contributed by atoms with E-state index in [0.717, 1.165) is 16.0 Å². The van der Waals surface area contributed by atoms with Crippen molar-refractivity contribution in [3.05, 3.63) is 39.9 Å². The van der Waals surface area contributed by atoms with E-state index in [1.165, 1.54) is 0 Å². The van der Waals surface area contributed by atoms with Gasteiger partial charge in [0.1, 0.15) is 5.56 Å². The van der Waals surface area contributed by atoms with Crippen LogP contribution in [0.2, 0.25) is 0 Å². The van der Waals surface area contributed by atoms with Gasteiger partial charge in [-0.25, -0.2) is 0 Å². The molecule has 1 aromatic carbocycles. The molecule has 0 bridgehead atoms. The number of nitrogens with zero attached hydrogens (tertiary/aromatic N) is 1. The lowest BCUT2D eigenvalue weighted by molar-refractivity contribution is -0.380. The van der Waals surface area contributed by atoms with Gasteiger partial charge in [-0.2, -0.15) is 0 Å². The number of fused-ring (bicyclic) bond motifs is 1. The Balaban J connectivity index is 2.85. The van der Waals surface area contributed by atoms with E-state index in [9.17, 15) is 14.9 Å². The molecule has 0 atom stereocenters. The maximum atomic E-state index is 10.7. The molecule has 0 unspecified atom stereocenters. The number of nitro groups is 1. The summed E-state index contributed by atoms with van der Waals surface area (Å²) in [5, 5.41) is 11.2. The summed E-state index contributed by atoms with van der Waals surface area (Å²) in [5.74, 6) is 0. The Morgan fingerprint density at radius 3 is 2.71 bits per heavy atom. The Morgan fingerprint density at radius 2 is 2.07 bits per heavy atom. The Morgan fingerprint density at radius 1 is 1.36 bits per heavy atom. The van der Waals surface area contributed by atoms with Crippen LogP contribution in [0.15, 0.2) is 24.3 Å². The molecular weight excluding hydrogens is 202 g/mol. The first-order chi connectivity index (χ1) is 6.74. The standard InChI is InChI=1S/C9H5NO3S/c11-5-7-6-3-1-2-4-8(6)14-9(7)10(12)13/h1-5H. The zero-order valence-electron chi connectivity index (χ0n) is 6.97. The van der Waals surface area contributed by atoms with E-state index < -0.39 is 4.92 Å². The molecule has 2 rings (SSSR count). The summed E-state index contributed by atoms with van der Waals surface area (Å²) in [4.78, 5) is 20.8. The minimum absolute atomic E-state index is 0.0822. The van der Waals surface area contributed by atoms with Crippen LogP contribution in [0.3, 0.4) is 0 Å². The highest BCUT2D eigenvalue weighted by molar-refractivity contribution is 7.22. The fraction of sp³-hybridized carbons (Fsp3) is 0. The minimum Gasteiger partial charge on any atom is -0.298 e. The molecule has 0 saturated heterocycles. The summed E-state index contributed by atoms with van der Waals surface area (Å²) in [6.45, 7) is 0. The van der Waals surface area contributed by atoms with Gasteiger partial charge in [-0.15, -0.1) is 0 Å². The maximum absolute atomic E-state index is 10.7. The molecular formula is C9H5NO3S. The van der Waals surface area contributed by atoms with Gasteiger partial charge in [-0.1, -0.05) is 29.5 Å². The minimum atomic E-state index is -0.519. The average Bonchev–Trinajstić information content (AvgIpc) is 2.56. The zero-order chi connectivity index (χ0) is 10.1. The normalized spacial score (nSPS) is 10.3. The molecule has 4 nitrogen and oxygen atoms in total. The molecule has 14 heavy (non-hydrogen) atoms. The van der Waals surface area contributed by atoms with E-state index in [-0.39, 0.29) is 10.6 Å². The molecule has 0 spiro atoms. The van der Waals surface area contributed by atoms with Crippen molar-refractivity contribution in [3.8, 4) is 0 Å². The first kappa shape index (κ1) is 8.83. The van der Waals surface area contributed by atoms with Gasteiger partial charge in [-0.05, 0) is 6.07 Å². The smallest absolute Gasteiger partial charge is 0.298 e. The Hall–Kier alpha value is -1.75. The van der Waals surface area contributed by atoms with Crippen LogP contribution in [-0.2, 0) is 0 Å². The van der Waals surface area contributed by atoms with Crippen LogP contribution < -0.4 is 0 Å². The van der Waals surface area contributed by atoms with Crippen molar-refractivity contribution >= 4 is 32.7 Å². The predicted octanol–water partition coefficient (Wildman–Crippen LogP) is 2.62. The van der Waals surface area contributed by atoms with Gasteiger partial charge in [0.05, 0.1) is 4.92 Å². The third-order valence-corrected chi connectivity index (χ3v) is 3.04. The summed E-state index contributed by atoms with van der Waals surface area (Å²) in [7, 11) is 0. The molecule has 0 N–H and O–H groups in total. The number of thiophene rings is 1. The van der Waals surface area contributed by atoms with Crippen LogP contribution in [0.5, 0.6) is 0 Å². The van der Waals surface area contributed by atoms with E-state index in [1.807, 2.05) is 0 Å². The molecule has 0 aliphatic carbocycles. The third-order valence-electron chi connectivity index (χ3n) is 1.90. The molecule has 70 valence electrons. The van der Waals surface area contributed by atoms with Crippen LogP contribution in [0, 0.1) is 10.1 Å². The van der Waals surface area contributed by atoms with Crippen LogP contribution in [0.4, 0.5) is 5.00 Å². The molecule has 5 heteroatoms. The van der Waals surface area contributed by atoms with Gasteiger partial charge < -0.3 is 0 Å². The molecule has 1 heterocycles. The maximum Gasteiger partial charge on any atom is 0.335 e. The Labute approximate surface area is 82.9 Å². The van der Waals surface area contributed by atoms with E-state index >= 15 is 0 Å². The Kier molecular flexibility index (Phi) is 2.01. The molecule has 0 aliphatic heterocycles. The molecule has 0 amide bonds. The van der Waals surface area contributed by atoms with Crippen molar-refractivity contribution < 1.29 is 9.72 Å². The number of carbonyl (C=O) groups excluding carboxylic acids is 1. The zero-order valence-corrected chi connectivity index (χ0v) is 7.78. The number of hydrogen-bond acceptors (Lipinski definition) is 4. The van der Waals surface area contributed by atoms with Gasteiger partial charge in [0.2, 0.25) is 0 Å². The van der Waals surface area contributed by atoms with Crippen molar-refractivity contribution in [1.82, 2.24) is 0 Å². The van der Waals surface area contributed by atoms with Crippen LogP contribution >= 0.6 is 11.3 Å². The van der Waals surface area contributed by atoms with E-state index in [4.69, 9.17) is 0 Å². The second-order valence-electron chi connectivity index (χ2n) is 2.69. The van der Waals surface area contributed by atoms with E-state index in [0.29, 0.717) is 11.7 Å². The second-order valence-corrected chi connectivity index (χ2v) is 3.72. The van der Waals surface area contributed by atoms with E-state index in [1.54, 1.807) is 24.3 Å². The van der Waals surface area contributed by atoms with Crippen molar-refractivity contribution in [1.29, 1.82) is 0 Å². The summed E-state index contributed by atoms with van der Waals surface area (Å²) < 4.78 is 0.765. The monoisotopic (exact) mass is 207 g/mol. The van der Waals surface area contributed by atoms with Gasteiger partial charge >= 0.3 is 5.00 Å². The van der Waals surface area contributed by atoms with Crippen LogP contribution in [0.1, 0.15) is 10.4 Å². The Bertz CT molecular complexity index is 518.